The molecule has 0 aromatic heterocycles. The first-order chi connectivity index (χ1) is 22.1. The lowest BCUT2D eigenvalue weighted by Gasteiger charge is -2.23. The van der Waals surface area contributed by atoms with Gasteiger partial charge in [-0.25, -0.2) is 4.18 Å². The lowest BCUT2D eigenvalue weighted by atomic mass is 10.0. The van der Waals surface area contributed by atoms with E-state index in [-0.39, 0.29) is 6.42 Å². The third-order valence-corrected chi connectivity index (χ3v) is 8.69. The van der Waals surface area contributed by atoms with E-state index in [1.165, 1.54) is 108 Å². The van der Waals surface area contributed by atoms with Gasteiger partial charge < -0.3 is 15.5 Å². The Morgan fingerprint density at radius 2 is 1.22 bits per heavy atom. The molecular formula is C37H69NO7S. The summed E-state index contributed by atoms with van der Waals surface area (Å²) in [5.41, 5.74) is 1.17. The molecule has 0 aromatic rings. The predicted octanol–water partition coefficient (Wildman–Crippen LogP) is 9.08. The fourth-order valence-corrected chi connectivity index (χ4v) is 5.63. The molecule has 0 saturated carbocycles. The molecule has 0 heterocycles. The number of aliphatic hydroxyl groups excluding tert-OH is 2. The molecule has 0 radical (unpaired) electrons. The van der Waals surface area contributed by atoms with E-state index in [1.54, 1.807) is 6.08 Å². The molecule has 2 unspecified atom stereocenters. The monoisotopic (exact) mass is 671 g/mol. The zero-order valence-electron chi connectivity index (χ0n) is 29.5. The van der Waals surface area contributed by atoms with Crippen molar-refractivity contribution in [3.63, 3.8) is 0 Å². The molecular weight excluding hydrogens is 602 g/mol. The Bertz CT molecular complexity index is 917. The van der Waals surface area contributed by atoms with Gasteiger partial charge in [-0.2, -0.15) is 8.42 Å². The average Bonchev–Trinajstić information content (AvgIpc) is 3.01. The van der Waals surface area contributed by atoms with Crippen molar-refractivity contribution in [3.8, 4) is 0 Å². The number of unbranched alkanes of at least 4 members (excludes halogenated alkanes) is 19. The smallest absolute Gasteiger partial charge is 0.387 e. The van der Waals surface area contributed by atoms with Crippen LogP contribution in [0, 0.1) is 0 Å². The van der Waals surface area contributed by atoms with Gasteiger partial charge in [0.1, 0.15) is 6.10 Å². The van der Waals surface area contributed by atoms with Crippen LogP contribution in [-0.2, 0) is 19.4 Å². The van der Waals surface area contributed by atoms with Gasteiger partial charge in [0, 0.05) is 0 Å². The zero-order chi connectivity index (χ0) is 34.3. The van der Waals surface area contributed by atoms with E-state index in [0.29, 0.717) is 12.8 Å². The van der Waals surface area contributed by atoms with E-state index >= 15 is 0 Å². The first kappa shape index (κ1) is 44.5. The number of carbonyl (C=O) groups excluding carboxylic acids is 1. The second-order valence-electron chi connectivity index (χ2n) is 12.8. The van der Waals surface area contributed by atoms with Crippen molar-refractivity contribution in [3.05, 3.63) is 36.0 Å². The zero-order valence-corrected chi connectivity index (χ0v) is 30.3. The van der Waals surface area contributed by atoms with Crippen molar-refractivity contribution < 1.29 is 32.2 Å². The Labute approximate surface area is 282 Å². The molecule has 0 aliphatic heterocycles. The summed E-state index contributed by atoms with van der Waals surface area (Å²) in [4.78, 5) is 12.6. The second kappa shape index (κ2) is 30.8. The minimum absolute atomic E-state index is 0.278. The fraction of sp³-hybridized carbons (Fsp3) is 0.811. The number of hydrogen-bond acceptors (Lipinski definition) is 6. The summed E-state index contributed by atoms with van der Waals surface area (Å²) in [7, 11) is -4.76. The summed E-state index contributed by atoms with van der Waals surface area (Å²) in [6, 6.07) is -1.16. The van der Waals surface area contributed by atoms with Gasteiger partial charge in [-0.05, 0) is 39.0 Å². The summed E-state index contributed by atoms with van der Waals surface area (Å²) < 4.78 is 35.6. The van der Waals surface area contributed by atoms with Crippen LogP contribution in [-0.4, -0.2) is 53.9 Å². The Morgan fingerprint density at radius 3 is 1.74 bits per heavy atom. The van der Waals surface area contributed by atoms with E-state index in [4.69, 9.17) is 4.55 Å². The van der Waals surface area contributed by atoms with Crippen LogP contribution in [0.15, 0.2) is 36.0 Å². The van der Waals surface area contributed by atoms with Gasteiger partial charge in [-0.1, -0.05) is 165 Å². The van der Waals surface area contributed by atoms with Crippen LogP contribution in [0.3, 0.4) is 0 Å². The molecule has 0 saturated heterocycles. The van der Waals surface area contributed by atoms with Crippen molar-refractivity contribution in [2.24, 2.45) is 0 Å². The van der Waals surface area contributed by atoms with Crippen LogP contribution < -0.4 is 5.32 Å². The normalized spacial score (nSPS) is 14.7. The maximum absolute atomic E-state index is 12.6. The molecule has 46 heavy (non-hydrogen) atoms. The molecule has 0 aliphatic carbocycles. The van der Waals surface area contributed by atoms with Crippen molar-refractivity contribution in [1.82, 2.24) is 5.32 Å². The van der Waals surface area contributed by atoms with Crippen molar-refractivity contribution in [1.29, 1.82) is 0 Å². The summed E-state index contributed by atoms with van der Waals surface area (Å²) in [6.07, 6.45) is 33.2. The number of amides is 1. The summed E-state index contributed by atoms with van der Waals surface area (Å²) in [5.74, 6) is -0.707. The van der Waals surface area contributed by atoms with Crippen LogP contribution in [0.4, 0.5) is 0 Å². The van der Waals surface area contributed by atoms with Gasteiger partial charge in [0.05, 0.1) is 18.8 Å². The number of carbonyl (C=O) groups is 1. The maximum atomic E-state index is 12.6. The predicted molar refractivity (Wildman–Crippen MR) is 191 cm³/mol. The van der Waals surface area contributed by atoms with E-state index in [2.05, 4.69) is 48.5 Å². The molecule has 0 fully saturated rings. The fourth-order valence-electron chi connectivity index (χ4n) is 5.31. The Kier molecular flexibility index (Phi) is 29.8. The van der Waals surface area contributed by atoms with Gasteiger partial charge in [0.15, 0.2) is 0 Å². The van der Waals surface area contributed by atoms with E-state index in [9.17, 15) is 23.4 Å². The number of hydrogen-bond donors (Lipinski definition) is 4. The third kappa shape index (κ3) is 29.9. The van der Waals surface area contributed by atoms with Crippen LogP contribution in [0.1, 0.15) is 168 Å². The highest BCUT2D eigenvalue weighted by Gasteiger charge is 2.25. The van der Waals surface area contributed by atoms with Crippen molar-refractivity contribution in [2.45, 2.75) is 187 Å². The molecule has 4 N–H and O–H groups in total. The second-order valence-corrected chi connectivity index (χ2v) is 13.9. The molecule has 0 bridgehead atoms. The maximum Gasteiger partial charge on any atom is 0.397 e. The van der Waals surface area contributed by atoms with E-state index < -0.39 is 41.2 Å². The molecule has 0 aliphatic rings. The molecule has 0 aromatic carbocycles. The molecule has 1 amide bonds. The van der Waals surface area contributed by atoms with Gasteiger partial charge >= 0.3 is 10.4 Å². The number of aliphatic hydroxyl groups is 2. The number of nitrogens with one attached hydrogen (secondary N) is 1. The van der Waals surface area contributed by atoms with Gasteiger partial charge in [0.25, 0.3) is 0 Å². The minimum Gasteiger partial charge on any atom is -0.387 e. The molecule has 3 atom stereocenters. The summed E-state index contributed by atoms with van der Waals surface area (Å²) >= 11 is 0. The number of rotatable bonds is 32. The molecule has 270 valence electrons. The molecule has 0 rings (SSSR count). The van der Waals surface area contributed by atoms with Gasteiger partial charge in [0.2, 0.25) is 5.91 Å². The topological polar surface area (TPSA) is 133 Å². The van der Waals surface area contributed by atoms with Gasteiger partial charge in [-0.15, -0.1) is 0 Å². The van der Waals surface area contributed by atoms with Gasteiger partial charge in [-0.3, -0.25) is 9.35 Å². The van der Waals surface area contributed by atoms with Crippen LogP contribution in [0.5, 0.6) is 0 Å². The highest BCUT2D eigenvalue weighted by atomic mass is 32.3. The van der Waals surface area contributed by atoms with E-state index in [0.717, 1.165) is 32.1 Å². The molecule has 8 nitrogen and oxygen atoms in total. The standard InChI is InChI=1S/C37H69NO7S/c1-4-6-8-10-12-13-14-15-16-17-18-20-22-26-31-36(40)37(41)38-34(32-45-46(42,43)44)35(39)30-27-23-25-29-33(3)28-24-21-19-11-9-7-5-2/h24,27-30,34-36,39-40H,4-23,25-26,31-32H2,1-3H3,(H,38,41)(H,42,43,44)/b28-24+,30-27+,33-29+/t34?,35?,36-/m1/s1. The van der Waals surface area contributed by atoms with Crippen molar-refractivity contribution in [2.75, 3.05) is 6.61 Å². The van der Waals surface area contributed by atoms with Crippen LogP contribution >= 0.6 is 0 Å². The first-order valence-electron chi connectivity index (χ1n) is 18.4. The highest BCUT2D eigenvalue weighted by molar-refractivity contribution is 7.80. The lowest BCUT2D eigenvalue weighted by molar-refractivity contribution is -0.131. The molecule has 9 heteroatoms. The molecule has 0 spiro atoms. The highest BCUT2D eigenvalue weighted by Crippen LogP contribution is 2.14. The number of allylic oxidation sites excluding steroid dienone is 5. The van der Waals surface area contributed by atoms with Crippen molar-refractivity contribution >= 4 is 16.3 Å². The Balaban J connectivity index is 4.39. The lowest BCUT2D eigenvalue weighted by Crippen LogP contribution is -2.49. The summed E-state index contributed by atoms with van der Waals surface area (Å²) in [6.45, 7) is 5.85. The SMILES string of the molecule is CCCCCCC/C=C/C(C)=C/CC/C=C/C(O)C(COS(=O)(=O)O)NC(=O)[C@H](O)CCCCCCCCCCCCCCCC. The largest absolute Gasteiger partial charge is 0.397 e. The first-order valence-corrected chi connectivity index (χ1v) is 19.8. The average molecular weight is 672 g/mol. The Morgan fingerprint density at radius 1 is 0.717 bits per heavy atom. The van der Waals surface area contributed by atoms with Crippen LogP contribution in [0.25, 0.3) is 0 Å². The quantitative estimate of drug-likeness (QED) is 0.0243. The van der Waals surface area contributed by atoms with Crippen LogP contribution in [0.2, 0.25) is 0 Å². The Hall–Kier alpha value is -1.52. The van der Waals surface area contributed by atoms with E-state index in [1.807, 2.05) is 0 Å². The summed E-state index contributed by atoms with van der Waals surface area (Å²) in [5, 5.41) is 23.4. The minimum atomic E-state index is -4.76. The third-order valence-electron chi connectivity index (χ3n) is 8.26.